The van der Waals surface area contributed by atoms with E-state index < -0.39 is 30.2 Å². The smallest absolute Gasteiger partial charge is 0.351 e. The summed E-state index contributed by atoms with van der Waals surface area (Å²) in [7, 11) is 3.03. The number of ether oxygens (including phenoxy) is 4. The van der Waals surface area contributed by atoms with Gasteiger partial charge in [0.05, 0.1) is 23.8 Å². The second kappa shape index (κ2) is 8.94. The molecule has 162 valence electrons. The number of fused-ring (bicyclic) bond motifs is 2. The van der Waals surface area contributed by atoms with Crippen LogP contribution in [0.25, 0.3) is 0 Å². The molecule has 10 heteroatoms. The van der Waals surface area contributed by atoms with Crippen molar-refractivity contribution >= 4 is 23.3 Å². The molecule has 1 fully saturated rings. The molecule has 1 aromatic heterocycles. The van der Waals surface area contributed by atoms with E-state index in [1.807, 2.05) is 25.1 Å². The SMILES string of the molecule is CCCOc1cccc2c1Nc1nc(=O)n([C@@H]3O[C@H](COC)C(OC)[C@@H]3O)cc1S2. The molecule has 0 aliphatic carbocycles. The highest BCUT2D eigenvalue weighted by Gasteiger charge is 2.45. The summed E-state index contributed by atoms with van der Waals surface area (Å²) in [4.78, 5) is 18.7. The lowest BCUT2D eigenvalue weighted by Gasteiger charge is -2.24. The van der Waals surface area contributed by atoms with Crippen LogP contribution in [-0.4, -0.2) is 60.4 Å². The lowest BCUT2D eigenvalue weighted by atomic mass is 10.1. The average Bonchev–Trinajstić information content (AvgIpc) is 3.05. The molecule has 9 nitrogen and oxygen atoms in total. The largest absolute Gasteiger partial charge is 0.491 e. The Bertz CT molecular complexity index is 968. The number of nitrogens with zero attached hydrogens (tertiary/aromatic N) is 2. The van der Waals surface area contributed by atoms with Crippen LogP contribution in [0.3, 0.4) is 0 Å². The number of para-hydroxylation sites is 1. The zero-order chi connectivity index (χ0) is 21.3. The molecule has 0 spiro atoms. The summed E-state index contributed by atoms with van der Waals surface area (Å²) >= 11 is 1.47. The van der Waals surface area contributed by atoms with Crippen LogP contribution in [0.5, 0.6) is 5.75 Å². The van der Waals surface area contributed by atoms with Gasteiger partial charge in [-0.3, -0.25) is 4.57 Å². The molecule has 0 saturated carbocycles. The number of nitrogens with one attached hydrogen (secondary N) is 1. The zero-order valence-electron chi connectivity index (χ0n) is 17.0. The highest BCUT2D eigenvalue weighted by Crippen LogP contribution is 2.47. The predicted molar refractivity (Wildman–Crippen MR) is 111 cm³/mol. The summed E-state index contributed by atoms with van der Waals surface area (Å²) in [6.45, 7) is 2.88. The van der Waals surface area contributed by atoms with Crippen LogP contribution in [0.4, 0.5) is 11.5 Å². The maximum atomic E-state index is 12.8. The summed E-state index contributed by atoms with van der Waals surface area (Å²) in [6.07, 6.45) is -0.500. The lowest BCUT2D eigenvalue weighted by Crippen LogP contribution is -2.37. The fourth-order valence-electron chi connectivity index (χ4n) is 3.63. The van der Waals surface area contributed by atoms with Crippen LogP contribution in [0.15, 0.2) is 39.0 Å². The summed E-state index contributed by atoms with van der Waals surface area (Å²) < 4.78 is 23.5. The van der Waals surface area contributed by atoms with Gasteiger partial charge in [-0.15, -0.1) is 0 Å². The molecule has 0 bridgehead atoms. The molecular weight excluding hydrogens is 410 g/mol. The van der Waals surface area contributed by atoms with Crippen LogP contribution < -0.4 is 15.7 Å². The van der Waals surface area contributed by atoms with Crippen LogP contribution in [0, 0.1) is 0 Å². The molecule has 4 rings (SSSR count). The van der Waals surface area contributed by atoms with Crippen LogP contribution in [-0.2, 0) is 14.2 Å². The maximum Gasteiger partial charge on any atom is 0.351 e. The summed E-state index contributed by atoms with van der Waals surface area (Å²) in [6, 6.07) is 5.79. The van der Waals surface area contributed by atoms with E-state index in [4.69, 9.17) is 18.9 Å². The third-order valence-corrected chi connectivity index (χ3v) is 6.10. The zero-order valence-corrected chi connectivity index (χ0v) is 17.8. The van der Waals surface area contributed by atoms with E-state index in [0.29, 0.717) is 12.4 Å². The van der Waals surface area contributed by atoms with E-state index in [0.717, 1.165) is 27.6 Å². The lowest BCUT2D eigenvalue weighted by molar-refractivity contribution is -0.0642. The van der Waals surface area contributed by atoms with E-state index in [1.165, 1.54) is 23.4 Å². The third-order valence-electron chi connectivity index (χ3n) is 5.02. The molecule has 4 atom stereocenters. The second-order valence-electron chi connectivity index (χ2n) is 7.06. The molecule has 2 N–H and O–H groups in total. The first-order valence-electron chi connectivity index (χ1n) is 9.76. The Morgan fingerprint density at radius 2 is 2.17 bits per heavy atom. The highest BCUT2D eigenvalue weighted by atomic mass is 32.2. The first-order chi connectivity index (χ1) is 14.6. The van der Waals surface area contributed by atoms with Gasteiger partial charge in [-0.2, -0.15) is 4.98 Å². The molecule has 2 aromatic rings. The summed E-state index contributed by atoms with van der Waals surface area (Å²) in [5.41, 5.74) is 0.263. The monoisotopic (exact) mass is 435 g/mol. The van der Waals surface area contributed by atoms with Gasteiger partial charge in [-0.25, -0.2) is 4.79 Å². The average molecular weight is 436 g/mol. The van der Waals surface area contributed by atoms with Gasteiger partial charge in [0.25, 0.3) is 0 Å². The van der Waals surface area contributed by atoms with Crippen molar-refractivity contribution in [3.63, 3.8) is 0 Å². The van der Waals surface area contributed by atoms with Crippen molar-refractivity contribution in [1.82, 2.24) is 9.55 Å². The highest BCUT2D eigenvalue weighted by molar-refractivity contribution is 7.99. The van der Waals surface area contributed by atoms with E-state index in [1.54, 1.807) is 13.3 Å². The Morgan fingerprint density at radius 1 is 1.33 bits per heavy atom. The van der Waals surface area contributed by atoms with Gasteiger partial charge in [0, 0.05) is 25.3 Å². The number of aliphatic hydroxyl groups is 1. The summed E-state index contributed by atoms with van der Waals surface area (Å²) in [5.74, 6) is 1.17. The first-order valence-corrected chi connectivity index (χ1v) is 10.6. The molecule has 1 saturated heterocycles. The van der Waals surface area contributed by atoms with Crippen molar-refractivity contribution in [3.05, 3.63) is 34.9 Å². The quantitative estimate of drug-likeness (QED) is 0.578. The van der Waals surface area contributed by atoms with E-state index in [-0.39, 0.29) is 6.61 Å². The van der Waals surface area contributed by atoms with Gasteiger partial charge >= 0.3 is 5.69 Å². The fourth-order valence-corrected chi connectivity index (χ4v) is 4.62. The third kappa shape index (κ3) is 3.81. The van der Waals surface area contributed by atoms with Gasteiger partial charge in [-0.1, -0.05) is 24.8 Å². The van der Waals surface area contributed by atoms with Gasteiger partial charge in [-0.05, 0) is 18.6 Å². The molecule has 1 aromatic carbocycles. The Morgan fingerprint density at radius 3 is 2.90 bits per heavy atom. The molecule has 2 aliphatic rings. The number of anilines is 2. The number of hydrogen-bond donors (Lipinski definition) is 2. The molecule has 2 aliphatic heterocycles. The van der Waals surface area contributed by atoms with E-state index in [2.05, 4.69) is 10.3 Å². The van der Waals surface area contributed by atoms with E-state index >= 15 is 0 Å². The molecule has 30 heavy (non-hydrogen) atoms. The van der Waals surface area contributed by atoms with Gasteiger partial charge in [0.2, 0.25) is 0 Å². The number of hydrogen-bond acceptors (Lipinski definition) is 9. The number of rotatable bonds is 7. The van der Waals surface area contributed by atoms with Crippen molar-refractivity contribution in [2.24, 2.45) is 0 Å². The molecule has 0 amide bonds. The van der Waals surface area contributed by atoms with Crippen molar-refractivity contribution in [1.29, 1.82) is 0 Å². The molecule has 0 radical (unpaired) electrons. The van der Waals surface area contributed by atoms with Gasteiger partial charge < -0.3 is 29.4 Å². The summed E-state index contributed by atoms with van der Waals surface area (Å²) in [5, 5.41) is 13.9. The molecule has 3 heterocycles. The van der Waals surface area contributed by atoms with Crippen molar-refractivity contribution in [3.8, 4) is 5.75 Å². The van der Waals surface area contributed by atoms with Crippen LogP contribution >= 0.6 is 11.8 Å². The number of benzene rings is 1. The Hall–Kier alpha value is -2.11. The minimum Gasteiger partial charge on any atom is -0.491 e. The van der Waals surface area contributed by atoms with Gasteiger partial charge in [0.15, 0.2) is 12.0 Å². The number of methoxy groups -OCH3 is 2. The standard InChI is InChI=1S/C20H25N3O6S/c1-4-8-28-11-6-5-7-13-15(11)21-18-14(30-13)9-23(20(25)22-18)19-16(24)17(27-3)12(29-19)10-26-2/h5-7,9,12,16-17,19,24H,4,8,10H2,1-3H3,(H,21,22,25)/t12-,16+,17?,19-/m1/s1. The van der Waals surface area contributed by atoms with Gasteiger partial charge in [0.1, 0.15) is 24.1 Å². The predicted octanol–water partition coefficient (Wildman–Crippen LogP) is 2.16. The molecule has 1 unspecified atom stereocenters. The van der Waals surface area contributed by atoms with Crippen molar-refractivity contribution in [2.75, 3.05) is 32.8 Å². The number of aliphatic hydroxyl groups excluding tert-OH is 1. The van der Waals surface area contributed by atoms with Crippen LogP contribution in [0.1, 0.15) is 19.6 Å². The number of aromatic nitrogens is 2. The fraction of sp³-hybridized carbons (Fsp3) is 0.500. The minimum absolute atomic E-state index is 0.239. The molecular formula is C20H25N3O6S. The maximum absolute atomic E-state index is 12.8. The second-order valence-corrected chi connectivity index (χ2v) is 8.14. The van der Waals surface area contributed by atoms with Crippen molar-refractivity contribution < 1.29 is 24.1 Å². The Kier molecular flexibility index (Phi) is 6.30. The van der Waals surface area contributed by atoms with Crippen LogP contribution in [0.2, 0.25) is 0 Å². The Balaban J connectivity index is 1.64. The topological polar surface area (TPSA) is 104 Å². The van der Waals surface area contributed by atoms with Crippen molar-refractivity contribution in [2.45, 2.75) is 47.7 Å². The Labute approximate surface area is 178 Å². The normalized spacial score (nSPS) is 24.8. The minimum atomic E-state index is -1.03. The first kappa shape index (κ1) is 21.1. The van der Waals surface area contributed by atoms with E-state index in [9.17, 15) is 9.90 Å².